The minimum atomic E-state index is 0.193. The number of hydrazone groups is 1. The van der Waals surface area contributed by atoms with Crippen molar-refractivity contribution in [3.8, 4) is 17.6 Å². The highest BCUT2D eigenvalue weighted by atomic mass is 16.5. The molecule has 0 aliphatic rings. The molecule has 0 bridgehead atoms. The molecule has 142 valence electrons. The number of nitrogens with zero attached hydrogens (tertiary/aromatic N) is 3. The van der Waals surface area contributed by atoms with Crippen LogP contribution in [0.2, 0.25) is 0 Å². The molecule has 0 aliphatic carbocycles. The van der Waals surface area contributed by atoms with Gasteiger partial charge in [0, 0.05) is 5.92 Å². The van der Waals surface area contributed by atoms with Gasteiger partial charge in [-0.05, 0) is 42.7 Å². The number of ether oxygens (including phenoxy) is 1. The van der Waals surface area contributed by atoms with Crippen molar-refractivity contribution in [2.45, 2.75) is 32.6 Å². The van der Waals surface area contributed by atoms with Crippen LogP contribution in [0, 0.1) is 11.3 Å². The van der Waals surface area contributed by atoms with E-state index < -0.39 is 0 Å². The molecule has 6 heteroatoms. The van der Waals surface area contributed by atoms with E-state index >= 15 is 0 Å². The normalized spacial score (nSPS) is 10.9. The number of para-hydroxylation sites is 1. The van der Waals surface area contributed by atoms with E-state index in [0.717, 1.165) is 24.2 Å². The summed E-state index contributed by atoms with van der Waals surface area (Å²) in [5.74, 6) is 2.50. The summed E-state index contributed by atoms with van der Waals surface area (Å²) in [6.45, 7) is 4.14. The lowest BCUT2D eigenvalue weighted by Gasteiger charge is -2.06. The first kappa shape index (κ1) is 19.2. The second-order valence-electron chi connectivity index (χ2n) is 6.21. The third kappa shape index (κ3) is 4.77. The quantitative estimate of drug-likeness (QED) is 0.404. The molecule has 0 saturated heterocycles. The maximum atomic E-state index is 9.27. The third-order valence-electron chi connectivity index (χ3n) is 4.30. The van der Waals surface area contributed by atoms with Gasteiger partial charge in [0.2, 0.25) is 11.6 Å². The van der Waals surface area contributed by atoms with E-state index in [0.29, 0.717) is 11.6 Å². The van der Waals surface area contributed by atoms with Crippen LogP contribution in [-0.4, -0.2) is 11.2 Å². The van der Waals surface area contributed by atoms with Crippen molar-refractivity contribution in [1.29, 1.82) is 5.26 Å². The highest BCUT2D eigenvalue weighted by molar-refractivity contribution is 5.80. The molecule has 0 spiro atoms. The average molecular weight is 374 g/mol. The zero-order valence-electron chi connectivity index (χ0n) is 15.9. The van der Waals surface area contributed by atoms with E-state index in [4.69, 9.17) is 9.15 Å². The lowest BCUT2D eigenvalue weighted by molar-refractivity contribution is 0.439. The molecule has 2 aromatic carbocycles. The number of nitriles is 1. The zero-order valence-corrected chi connectivity index (χ0v) is 15.9. The van der Waals surface area contributed by atoms with Crippen LogP contribution >= 0.6 is 0 Å². The Balaban J connectivity index is 1.70. The minimum Gasteiger partial charge on any atom is -0.457 e. The molecule has 0 saturated carbocycles. The molecule has 3 aromatic rings. The fourth-order valence-corrected chi connectivity index (χ4v) is 2.75. The van der Waals surface area contributed by atoms with E-state index in [1.54, 1.807) is 6.21 Å². The largest absolute Gasteiger partial charge is 0.457 e. The van der Waals surface area contributed by atoms with Crippen LogP contribution in [-0.2, 0) is 0 Å². The summed E-state index contributed by atoms with van der Waals surface area (Å²) in [6, 6.07) is 19.2. The molecule has 1 N–H and O–H groups in total. The summed E-state index contributed by atoms with van der Waals surface area (Å²) >= 11 is 0. The van der Waals surface area contributed by atoms with Gasteiger partial charge < -0.3 is 9.15 Å². The lowest BCUT2D eigenvalue weighted by atomic mass is 10.0. The van der Waals surface area contributed by atoms with Gasteiger partial charge in [-0.15, -0.1) is 0 Å². The van der Waals surface area contributed by atoms with Gasteiger partial charge in [0.1, 0.15) is 17.6 Å². The van der Waals surface area contributed by atoms with Crippen molar-refractivity contribution in [1.82, 2.24) is 4.98 Å². The highest BCUT2D eigenvalue weighted by Gasteiger charge is 2.18. The number of rotatable bonds is 8. The van der Waals surface area contributed by atoms with Crippen molar-refractivity contribution in [3.63, 3.8) is 0 Å². The van der Waals surface area contributed by atoms with Gasteiger partial charge >= 0.3 is 0 Å². The zero-order chi connectivity index (χ0) is 19.8. The fraction of sp³-hybridized carbons (Fsp3) is 0.227. The van der Waals surface area contributed by atoms with E-state index in [1.807, 2.05) is 60.7 Å². The summed E-state index contributed by atoms with van der Waals surface area (Å²) in [5, 5.41) is 13.4. The van der Waals surface area contributed by atoms with Crippen molar-refractivity contribution >= 4 is 12.1 Å². The summed E-state index contributed by atoms with van der Waals surface area (Å²) < 4.78 is 11.5. The van der Waals surface area contributed by atoms with Crippen molar-refractivity contribution < 1.29 is 9.15 Å². The van der Waals surface area contributed by atoms with Crippen molar-refractivity contribution in [2.75, 3.05) is 5.43 Å². The summed E-state index contributed by atoms with van der Waals surface area (Å²) in [4.78, 5) is 4.27. The topological polar surface area (TPSA) is 83.4 Å². The van der Waals surface area contributed by atoms with Gasteiger partial charge in [0.15, 0.2) is 0 Å². The first-order valence-electron chi connectivity index (χ1n) is 9.26. The number of anilines is 1. The summed E-state index contributed by atoms with van der Waals surface area (Å²) in [6.07, 6.45) is 3.44. The molecule has 0 atom stereocenters. The van der Waals surface area contributed by atoms with E-state index in [2.05, 4.69) is 29.4 Å². The number of benzene rings is 2. The predicted octanol–water partition coefficient (Wildman–Crippen LogP) is 5.69. The molecule has 0 amide bonds. The molecule has 6 nitrogen and oxygen atoms in total. The second-order valence-corrected chi connectivity index (χ2v) is 6.21. The maximum Gasteiger partial charge on any atom is 0.252 e. The van der Waals surface area contributed by atoms with Crippen molar-refractivity contribution in [3.05, 3.63) is 71.7 Å². The highest BCUT2D eigenvalue weighted by Crippen LogP contribution is 2.27. The molecule has 1 heterocycles. The Labute approximate surface area is 164 Å². The molecule has 0 fully saturated rings. The van der Waals surface area contributed by atoms with Crippen LogP contribution in [0.3, 0.4) is 0 Å². The molecule has 3 rings (SSSR count). The summed E-state index contributed by atoms with van der Waals surface area (Å²) in [5.41, 5.74) is 3.84. The SMILES string of the molecule is CCC(CC)c1nc(C#N)c(N/N=C/c2cccc(Oc3ccccc3)c2)o1. The number of hydrogen-bond donors (Lipinski definition) is 1. The van der Waals surface area contributed by atoms with E-state index in [1.165, 1.54) is 0 Å². The standard InChI is InChI=1S/C22H22N4O2/c1-3-17(4-2)21-25-20(14-23)22(28-21)26-24-15-16-9-8-12-19(13-16)27-18-10-6-5-7-11-18/h5-13,15,17,26H,3-4H2,1-2H3/b24-15+. The number of hydrogen-bond acceptors (Lipinski definition) is 6. The van der Waals surface area contributed by atoms with Crippen LogP contribution in [0.4, 0.5) is 5.88 Å². The fourth-order valence-electron chi connectivity index (χ4n) is 2.75. The first-order chi connectivity index (χ1) is 13.7. The van der Waals surface area contributed by atoms with Gasteiger partial charge in [-0.1, -0.05) is 44.2 Å². The molecule has 0 unspecified atom stereocenters. The van der Waals surface area contributed by atoms with E-state index in [9.17, 15) is 5.26 Å². The second kappa shape index (κ2) is 9.38. The average Bonchev–Trinajstić information content (AvgIpc) is 3.13. The van der Waals surface area contributed by atoms with Gasteiger partial charge in [-0.3, -0.25) is 0 Å². The Hall–Kier alpha value is -3.59. The monoisotopic (exact) mass is 374 g/mol. The minimum absolute atomic E-state index is 0.193. The molecule has 0 radical (unpaired) electrons. The number of oxazole rings is 1. The van der Waals surface area contributed by atoms with Crippen LogP contribution in [0.15, 0.2) is 64.1 Å². The third-order valence-corrected chi connectivity index (χ3v) is 4.30. The Morgan fingerprint density at radius 1 is 1.14 bits per heavy atom. The van der Waals surface area contributed by atoms with Gasteiger partial charge in [0.25, 0.3) is 5.88 Å². The van der Waals surface area contributed by atoms with Crippen LogP contribution in [0.25, 0.3) is 0 Å². The summed E-state index contributed by atoms with van der Waals surface area (Å²) in [7, 11) is 0. The van der Waals surface area contributed by atoms with Crippen LogP contribution < -0.4 is 10.2 Å². The molecule has 0 aliphatic heterocycles. The number of aromatic nitrogens is 1. The smallest absolute Gasteiger partial charge is 0.252 e. The van der Waals surface area contributed by atoms with Gasteiger partial charge in [-0.25, -0.2) is 10.4 Å². The molecule has 1 aromatic heterocycles. The maximum absolute atomic E-state index is 9.27. The first-order valence-corrected chi connectivity index (χ1v) is 9.26. The predicted molar refractivity (Wildman–Crippen MR) is 109 cm³/mol. The molecular formula is C22H22N4O2. The Morgan fingerprint density at radius 3 is 2.61 bits per heavy atom. The van der Waals surface area contributed by atoms with Crippen LogP contribution in [0.5, 0.6) is 11.5 Å². The molecule has 28 heavy (non-hydrogen) atoms. The Bertz CT molecular complexity index is 970. The van der Waals surface area contributed by atoms with Gasteiger partial charge in [-0.2, -0.15) is 10.4 Å². The lowest BCUT2D eigenvalue weighted by Crippen LogP contribution is -1.95. The number of nitrogens with one attached hydrogen (secondary N) is 1. The van der Waals surface area contributed by atoms with Crippen molar-refractivity contribution in [2.24, 2.45) is 5.10 Å². The molecular weight excluding hydrogens is 352 g/mol. The Morgan fingerprint density at radius 2 is 1.89 bits per heavy atom. The van der Waals surface area contributed by atoms with E-state index in [-0.39, 0.29) is 17.5 Å². The Kier molecular flexibility index (Phi) is 6.42. The van der Waals surface area contributed by atoms with Gasteiger partial charge in [0.05, 0.1) is 6.21 Å². The van der Waals surface area contributed by atoms with Crippen LogP contribution in [0.1, 0.15) is 49.8 Å².